The Bertz CT molecular complexity index is 434. The van der Waals surface area contributed by atoms with E-state index in [1.165, 1.54) is 0 Å². The fraction of sp³-hybridized carbons (Fsp3) is 0.385. The fourth-order valence-electron chi connectivity index (χ4n) is 1.74. The lowest BCUT2D eigenvalue weighted by molar-refractivity contribution is -0.137. The van der Waals surface area contributed by atoms with Gasteiger partial charge in [0.25, 0.3) is 0 Å². The predicted molar refractivity (Wildman–Crippen MR) is 69.7 cm³/mol. The van der Waals surface area contributed by atoms with Crippen LogP contribution in [0.4, 0.5) is 0 Å². The molecule has 0 radical (unpaired) electrons. The standard InChI is InChI=1S/C13H16ClNO3/c1-2-15-13(18)11(6-7-12(16)17)9-4-3-5-10(14)8-9/h3-5,8,11H,2,6-7H2,1H3,(H,15,18)(H,16,17). The lowest BCUT2D eigenvalue weighted by Crippen LogP contribution is -2.29. The monoisotopic (exact) mass is 269 g/mol. The van der Waals surface area contributed by atoms with Gasteiger partial charge in [0, 0.05) is 18.0 Å². The van der Waals surface area contributed by atoms with Crippen molar-refractivity contribution in [1.29, 1.82) is 0 Å². The van der Waals surface area contributed by atoms with Crippen LogP contribution in [0, 0.1) is 0 Å². The van der Waals surface area contributed by atoms with Crippen LogP contribution in [0.15, 0.2) is 24.3 Å². The highest BCUT2D eigenvalue weighted by atomic mass is 35.5. The number of rotatable bonds is 6. The second-order valence-corrected chi connectivity index (χ2v) is 4.37. The van der Waals surface area contributed by atoms with E-state index in [0.717, 1.165) is 5.56 Å². The molecule has 0 aliphatic heterocycles. The van der Waals surface area contributed by atoms with Crippen molar-refractivity contribution in [2.24, 2.45) is 0 Å². The van der Waals surface area contributed by atoms with E-state index in [-0.39, 0.29) is 18.7 Å². The molecule has 0 aliphatic carbocycles. The van der Waals surface area contributed by atoms with E-state index in [1.807, 2.05) is 6.92 Å². The third-order valence-corrected chi connectivity index (χ3v) is 2.80. The fourth-order valence-corrected chi connectivity index (χ4v) is 1.94. The lowest BCUT2D eigenvalue weighted by atomic mass is 9.93. The predicted octanol–water partition coefficient (Wildman–Crippen LogP) is 2.42. The zero-order valence-corrected chi connectivity index (χ0v) is 10.9. The number of aliphatic carboxylic acids is 1. The summed E-state index contributed by atoms with van der Waals surface area (Å²) in [4.78, 5) is 22.5. The maximum Gasteiger partial charge on any atom is 0.303 e. The highest BCUT2D eigenvalue weighted by Crippen LogP contribution is 2.24. The Balaban J connectivity index is 2.88. The van der Waals surface area contributed by atoms with E-state index in [4.69, 9.17) is 16.7 Å². The van der Waals surface area contributed by atoms with Crippen molar-refractivity contribution in [3.8, 4) is 0 Å². The largest absolute Gasteiger partial charge is 0.481 e. The van der Waals surface area contributed by atoms with Gasteiger partial charge in [0.2, 0.25) is 5.91 Å². The number of carboxylic acid groups (broad SMARTS) is 1. The molecule has 0 fully saturated rings. The normalized spacial score (nSPS) is 11.9. The number of nitrogens with one attached hydrogen (secondary N) is 1. The summed E-state index contributed by atoms with van der Waals surface area (Å²) in [7, 11) is 0. The molecular formula is C13H16ClNO3. The topological polar surface area (TPSA) is 66.4 Å². The first-order valence-electron chi connectivity index (χ1n) is 5.79. The van der Waals surface area contributed by atoms with Gasteiger partial charge in [-0.1, -0.05) is 23.7 Å². The van der Waals surface area contributed by atoms with Crippen molar-refractivity contribution < 1.29 is 14.7 Å². The van der Waals surface area contributed by atoms with Crippen LogP contribution in [0.1, 0.15) is 31.2 Å². The number of benzene rings is 1. The minimum Gasteiger partial charge on any atom is -0.481 e. The van der Waals surface area contributed by atoms with Gasteiger partial charge >= 0.3 is 5.97 Å². The summed E-state index contributed by atoms with van der Waals surface area (Å²) >= 11 is 5.89. The molecule has 0 spiro atoms. The van der Waals surface area contributed by atoms with Gasteiger partial charge in [-0.15, -0.1) is 0 Å². The Morgan fingerprint density at radius 1 is 1.44 bits per heavy atom. The number of carbonyl (C=O) groups excluding carboxylic acids is 1. The zero-order valence-electron chi connectivity index (χ0n) is 10.1. The minimum atomic E-state index is -0.911. The molecule has 1 rings (SSSR count). The van der Waals surface area contributed by atoms with Gasteiger partial charge in [-0.25, -0.2) is 0 Å². The van der Waals surface area contributed by atoms with Gasteiger partial charge in [-0.2, -0.15) is 0 Å². The second-order valence-electron chi connectivity index (χ2n) is 3.93. The molecule has 0 aliphatic rings. The van der Waals surface area contributed by atoms with Crippen LogP contribution in [0.3, 0.4) is 0 Å². The summed E-state index contributed by atoms with van der Waals surface area (Å²) in [6, 6.07) is 6.96. The van der Waals surface area contributed by atoms with Gasteiger partial charge in [0.05, 0.1) is 5.92 Å². The van der Waals surface area contributed by atoms with E-state index in [9.17, 15) is 9.59 Å². The third-order valence-electron chi connectivity index (χ3n) is 2.57. The molecule has 0 saturated carbocycles. The van der Waals surface area contributed by atoms with Crippen molar-refractivity contribution >= 4 is 23.5 Å². The van der Waals surface area contributed by atoms with Crippen molar-refractivity contribution in [1.82, 2.24) is 5.32 Å². The van der Waals surface area contributed by atoms with E-state index < -0.39 is 11.9 Å². The van der Waals surface area contributed by atoms with Crippen LogP contribution in [0.5, 0.6) is 0 Å². The summed E-state index contributed by atoms with van der Waals surface area (Å²) in [5.41, 5.74) is 0.745. The molecule has 2 N–H and O–H groups in total. The molecule has 18 heavy (non-hydrogen) atoms. The Labute approximate surface area is 111 Å². The van der Waals surface area contributed by atoms with Crippen LogP contribution in [-0.4, -0.2) is 23.5 Å². The first kappa shape index (κ1) is 14.5. The average Bonchev–Trinajstić information content (AvgIpc) is 2.29. The second kappa shape index (κ2) is 7.01. The van der Waals surface area contributed by atoms with Crippen LogP contribution >= 0.6 is 11.6 Å². The van der Waals surface area contributed by atoms with E-state index in [1.54, 1.807) is 24.3 Å². The molecule has 4 nitrogen and oxygen atoms in total. The maximum absolute atomic E-state index is 11.9. The Hall–Kier alpha value is -1.55. The molecule has 0 aromatic heterocycles. The van der Waals surface area contributed by atoms with E-state index >= 15 is 0 Å². The Kier molecular flexibility index (Phi) is 5.65. The maximum atomic E-state index is 11.9. The van der Waals surface area contributed by atoms with Crippen LogP contribution in [0.25, 0.3) is 0 Å². The number of hydrogen-bond acceptors (Lipinski definition) is 2. The van der Waals surface area contributed by atoms with Crippen LogP contribution < -0.4 is 5.32 Å². The summed E-state index contributed by atoms with van der Waals surface area (Å²) in [6.07, 6.45) is 0.218. The highest BCUT2D eigenvalue weighted by Gasteiger charge is 2.21. The molecule has 0 bridgehead atoms. The molecule has 0 saturated heterocycles. The lowest BCUT2D eigenvalue weighted by Gasteiger charge is -2.16. The van der Waals surface area contributed by atoms with Crippen molar-refractivity contribution in [3.63, 3.8) is 0 Å². The van der Waals surface area contributed by atoms with Gasteiger partial charge in [-0.05, 0) is 31.0 Å². The zero-order chi connectivity index (χ0) is 13.5. The molecule has 98 valence electrons. The molecule has 1 aromatic carbocycles. The summed E-state index contributed by atoms with van der Waals surface area (Å²) < 4.78 is 0. The number of hydrogen-bond donors (Lipinski definition) is 2. The molecule has 1 amide bonds. The summed E-state index contributed by atoms with van der Waals surface area (Å²) in [6.45, 7) is 2.34. The van der Waals surface area contributed by atoms with Gasteiger partial charge in [-0.3, -0.25) is 9.59 Å². The molecule has 0 heterocycles. The highest BCUT2D eigenvalue weighted by molar-refractivity contribution is 6.30. The van der Waals surface area contributed by atoms with E-state index in [0.29, 0.717) is 11.6 Å². The van der Waals surface area contributed by atoms with Crippen LogP contribution in [0.2, 0.25) is 5.02 Å². The number of amides is 1. The Morgan fingerprint density at radius 3 is 2.72 bits per heavy atom. The molecule has 1 unspecified atom stereocenters. The molecule has 1 atom stereocenters. The quantitative estimate of drug-likeness (QED) is 0.833. The number of likely N-dealkylation sites (N-methyl/N-ethyl adjacent to an activating group) is 1. The molecule has 5 heteroatoms. The van der Waals surface area contributed by atoms with Gasteiger partial charge in [0.1, 0.15) is 0 Å². The minimum absolute atomic E-state index is 0.0473. The number of carbonyl (C=O) groups is 2. The van der Waals surface area contributed by atoms with Crippen molar-refractivity contribution in [3.05, 3.63) is 34.9 Å². The number of halogens is 1. The van der Waals surface area contributed by atoms with Crippen LogP contribution in [-0.2, 0) is 9.59 Å². The van der Waals surface area contributed by atoms with Crippen molar-refractivity contribution in [2.45, 2.75) is 25.7 Å². The SMILES string of the molecule is CCNC(=O)C(CCC(=O)O)c1cccc(Cl)c1. The molecular weight excluding hydrogens is 254 g/mol. The smallest absolute Gasteiger partial charge is 0.303 e. The Morgan fingerprint density at radius 2 is 2.17 bits per heavy atom. The average molecular weight is 270 g/mol. The summed E-state index contributed by atoms with van der Waals surface area (Å²) in [5.74, 6) is -1.55. The first-order valence-corrected chi connectivity index (χ1v) is 6.17. The first-order chi connectivity index (χ1) is 8.54. The van der Waals surface area contributed by atoms with E-state index in [2.05, 4.69) is 5.32 Å². The van der Waals surface area contributed by atoms with Crippen molar-refractivity contribution in [2.75, 3.05) is 6.54 Å². The van der Waals surface area contributed by atoms with Gasteiger partial charge in [0.15, 0.2) is 0 Å². The number of carboxylic acids is 1. The summed E-state index contributed by atoms with van der Waals surface area (Å²) in [5, 5.41) is 12.0. The van der Waals surface area contributed by atoms with Gasteiger partial charge < -0.3 is 10.4 Å². The third kappa shape index (κ3) is 4.37. The molecule has 1 aromatic rings.